The maximum atomic E-state index is 12.9. The smallest absolute Gasteiger partial charge is 0.475 e. The molecule has 0 saturated carbocycles. The number of alkyl halides is 3. The third-order valence-corrected chi connectivity index (χ3v) is 6.84. The Morgan fingerprint density at radius 1 is 0.952 bits per heavy atom. The molecule has 2 aromatic carbocycles. The Kier molecular flexibility index (Phi) is 8.71. The van der Waals surface area contributed by atoms with E-state index in [9.17, 15) is 18.0 Å². The predicted octanol–water partition coefficient (Wildman–Crippen LogP) is 4.33. The van der Waals surface area contributed by atoms with Crippen LogP contribution < -0.4 is 11.1 Å². The van der Waals surface area contributed by atoms with Crippen molar-refractivity contribution in [3.05, 3.63) is 83.7 Å². The van der Waals surface area contributed by atoms with E-state index in [-0.39, 0.29) is 11.9 Å². The first-order valence-corrected chi connectivity index (χ1v) is 13.1. The number of aliphatic carboxylic acids is 1. The van der Waals surface area contributed by atoms with Gasteiger partial charge in [-0.25, -0.2) is 4.79 Å². The maximum Gasteiger partial charge on any atom is 0.490 e. The lowest BCUT2D eigenvalue weighted by molar-refractivity contribution is -0.192. The number of benzene rings is 2. The molecule has 1 amide bonds. The Labute approximate surface area is 239 Å². The van der Waals surface area contributed by atoms with E-state index in [0.717, 1.165) is 40.6 Å². The molecule has 0 aliphatic heterocycles. The molecule has 1 atom stereocenters. The van der Waals surface area contributed by atoms with Crippen LogP contribution in [-0.2, 0) is 35.9 Å². The third kappa shape index (κ3) is 6.97. The number of para-hydroxylation sites is 2. The van der Waals surface area contributed by atoms with Crippen LogP contribution in [0.2, 0.25) is 0 Å². The summed E-state index contributed by atoms with van der Waals surface area (Å²) in [6.07, 6.45) is 1.12. The van der Waals surface area contributed by atoms with Gasteiger partial charge in [0.15, 0.2) is 5.82 Å². The van der Waals surface area contributed by atoms with Crippen LogP contribution in [-0.4, -0.2) is 53.4 Å². The van der Waals surface area contributed by atoms with E-state index in [1.807, 2.05) is 42.1 Å². The SMILES string of the molecule is Cn1c(CCc2c[nH]c3ccccc23)nnc1[C@@H](Cc1c[nH]c2ccccc12)NC(=O)C(C)(C)N.O=C(O)C(F)(F)F. The quantitative estimate of drug-likeness (QED) is 0.183. The number of halogens is 3. The first kappa shape index (κ1) is 30.3. The van der Waals surface area contributed by atoms with E-state index < -0.39 is 17.7 Å². The highest BCUT2D eigenvalue weighted by Gasteiger charge is 2.38. The number of aromatic nitrogens is 5. The molecule has 222 valence electrons. The monoisotopic (exact) mass is 583 g/mol. The van der Waals surface area contributed by atoms with E-state index in [0.29, 0.717) is 12.2 Å². The number of hydrogen-bond acceptors (Lipinski definition) is 5. The minimum absolute atomic E-state index is 0.231. The van der Waals surface area contributed by atoms with E-state index in [4.69, 9.17) is 15.6 Å². The first-order chi connectivity index (χ1) is 19.8. The molecule has 5 rings (SSSR count). The van der Waals surface area contributed by atoms with Crippen molar-refractivity contribution in [1.82, 2.24) is 30.0 Å². The van der Waals surface area contributed by atoms with Crippen molar-refractivity contribution in [2.45, 2.75) is 50.9 Å². The summed E-state index contributed by atoms with van der Waals surface area (Å²) in [4.78, 5) is 28.4. The Hall–Kier alpha value is -4.65. The topological polar surface area (TPSA) is 155 Å². The summed E-state index contributed by atoms with van der Waals surface area (Å²) in [6.45, 7) is 3.41. The van der Waals surface area contributed by atoms with Crippen molar-refractivity contribution in [3.8, 4) is 0 Å². The number of aryl methyl sites for hydroxylation is 2. The molecule has 0 aliphatic carbocycles. The molecule has 0 unspecified atom stereocenters. The molecule has 0 radical (unpaired) electrons. The van der Waals surface area contributed by atoms with E-state index >= 15 is 0 Å². The number of fused-ring (bicyclic) bond motifs is 2. The molecular weight excluding hydrogens is 551 g/mol. The summed E-state index contributed by atoms with van der Waals surface area (Å²) in [5.41, 5.74) is 9.63. The van der Waals surface area contributed by atoms with Crippen molar-refractivity contribution >= 4 is 33.7 Å². The highest BCUT2D eigenvalue weighted by atomic mass is 19.4. The van der Waals surface area contributed by atoms with Gasteiger partial charge in [0.25, 0.3) is 0 Å². The number of nitrogens with two attached hydrogens (primary N) is 1. The number of nitrogens with zero attached hydrogens (tertiary/aromatic N) is 3. The minimum Gasteiger partial charge on any atom is -0.475 e. The third-order valence-electron chi connectivity index (χ3n) is 6.84. The van der Waals surface area contributed by atoms with Gasteiger partial charge in [0.2, 0.25) is 5.91 Å². The number of carboxylic acids is 1. The molecule has 5 aromatic rings. The van der Waals surface area contributed by atoms with Gasteiger partial charge in [0.1, 0.15) is 5.82 Å². The molecule has 3 heterocycles. The zero-order chi connectivity index (χ0) is 30.7. The molecular formula is C29H32F3N7O3. The second-order valence-electron chi connectivity index (χ2n) is 10.5. The fourth-order valence-electron chi connectivity index (χ4n) is 4.55. The summed E-state index contributed by atoms with van der Waals surface area (Å²) in [7, 11) is 1.96. The normalized spacial score (nSPS) is 12.6. The van der Waals surface area contributed by atoms with Crippen molar-refractivity contribution in [2.24, 2.45) is 12.8 Å². The van der Waals surface area contributed by atoms with Crippen LogP contribution in [0.1, 0.15) is 42.7 Å². The van der Waals surface area contributed by atoms with Gasteiger partial charge in [-0.1, -0.05) is 36.4 Å². The number of rotatable bonds is 8. The molecule has 0 aliphatic rings. The van der Waals surface area contributed by atoms with Gasteiger partial charge in [0.05, 0.1) is 11.6 Å². The average molecular weight is 584 g/mol. The van der Waals surface area contributed by atoms with Crippen molar-refractivity contribution in [3.63, 3.8) is 0 Å². The van der Waals surface area contributed by atoms with Gasteiger partial charge in [-0.15, -0.1) is 10.2 Å². The molecule has 0 fully saturated rings. The zero-order valence-corrected chi connectivity index (χ0v) is 23.3. The van der Waals surface area contributed by atoms with Gasteiger partial charge in [-0.3, -0.25) is 4.79 Å². The Morgan fingerprint density at radius 2 is 1.48 bits per heavy atom. The summed E-state index contributed by atoms with van der Waals surface area (Å²) in [5.74, 6) is -1.41. The van der Waals surface area contributed by atoms with Crippen LogP contribution in [0.5, 0.6) is 0 Å². The number of carbonyl (C=O) groups excluding carboxylic acids is 1. The summed E-state index contributed by atoms with van der Waals surface area (Å²) in [5, 5.41) is 21.6. The molecule has 0 saturated heterocycles. The fraction of sp³-hybridized carbons (Fsp3) is 0.310. The Balaban J connectivity index is 0.000000517. The second kappa shape index (κ2) is 12.1. The van der Waals surface area contributed by atoms with Crippen LogP contribution >= 0.6 is 0 Å². The Bertz CT molecular complexity index is 1700. The Morgan fingerprint density at radius 3 is 2.02 bits per heavy atom. The van der Waals surface area contributed by atoms with Crippen LogP contribution in [0.15, 0.2) is 60.9 Å². The molecule has 6 N–H and O–H groups in total. The van der Waals surface area contributed by atoms with E-state index in [1.165, 1.54) is 10.9 Å². The summed E-state index contributed by atoms with van der Waals surface area (Å²) in [6, 6.07) is 16.1. The van der Waals surface area contributed by atoms with Crippen LogP contribution in [0, 0.1) is 0 Å². The second-order valence-corrected chi connectivity index (χ2v) is 10.5. The van der Waals surface area contributed by atoms with Gasteiger partial charge >= 0.3 is 12.1 Å². The van der Waals surface area contributed by atoms with Crippen LogP contribution in [0.4, 0.5) is 13.2 Å². The van der Waals surface area contributed by atoms with E-state index in [1.54, 1.807) is 13.8 Å². The molecule has 3 aromatic heterocycles. The van der Waals surface area contributed by atoms with Gasteiger partial charge in [-0.2, -0.15) is 13.2 Å². The largest absolute Gasteiger partial charge is 0.490 e. The van der Waals surface area contributed by atoms with Crippen molar-refractivity contribution in [1.29, 1.82) is 0 Å². The number of aromatic amines is 2. The highest BCUT2D eigenvalue weighted by Crippen LogP contribution is 2.25. The standard InChI is InChI=1S/C27H31N7O.C2HF3O2/c1-27(2,28)26(35)31-23(14-18-16-30-22-11-7-5-9-20(18)22)25-33-32-24(34(25)3)13-12-17-15-29-21-10-6-4-8-19(17)21;3-2(4,5)1(6)7/h4-11,15-16,23,29-30H,12-14,28H2,1-3H3,(H,31,35);(H,6,7)/t23-;/m1./s1. The molecule has 0 bridgehead atoms. The van der Waals surface area contributed by atoms with Crippen molar-refractivity contribution < 1.29 is 27.9 Å². The van der Waals surface area contributed by atoms with Gasteiger partial charge in [0, 0.05) is 54.1 Å². The zero-order valence-electron chi connectivity index (χ0n) is 23.3. The molecule has 13 heteroatoms. The maximum absolute atomic E-state index is 12.9. The lowest BCUT2D eigenvalue weighted by Crippen LogP contribution is -2.50. The van der Waals surface area contributed by atoms with Crippen LogP contribution in [0.25, 0.3) is 21.8 Å². The minimum atomic E-state index is -5.08. The number of hydrogen-bond donors (Lipinski definition) is 5. The summed E-state index contributed by atoms with van der Waals surface area (Å²) >= 11 is 0. The molecule has 0 spiro atoms. The molecule has 42 heavy (non-hydrogen) atoms. The first-order valence-electron chi connectivity index (χ1n) is 13.1. The average Bonchev–Trinajstić information content (AvgIpc) is 3.63. The number of carboxylic acid groups (broad SMARTS) is 1. The fourth-order valence-corrected chi connectivity index (χ4v) is 4.55. The highest BCUT2D eigenvalue weighted by molar-refractivity contribution is 5.86. The van der Waals surface area contributed by atoms with Crippen LogP contribution in [0.3, 0.4) is 0 Å². The van der Waals surface area contributed by atoms with E-state index in [2.05, 4.69) is 55.9 Å². The van der Waals surface area contributed by atoms with Gasteiger partial charge in [-0.05, 0) is 43.5 Å². The van der Waals surface area contributed by atoms with Crippen molar-refractivity contribution in [2.75, 3.05) is 0 Å². The van der Waals surface area contributed by atoms with Gasteiger partial charge < -0.3 is 30.7 Å². The summed E-state index contributed by atoms with van der Waals surface area (Å²) < 4.78 is 33.7. The number of H-pyrrole nitrogens is 2. The lowest BCUT2D eigenvalue weighted by atomic mass is 10.0. The number of amides is 1. The number of nitrogens with one attached hydrogen (secondary N) is 3. The molecule has 10 nitrogen and oxygen atoms in total. The lowest BCUT2D eigenvalue weighted by Gasteiger charge is -2.24. The number of carbonyl (C=O) groups is 2. The predicted molar refractivity (Wildman–Crippen MR) is 152 cm³/mol.